The van der Waals surface area contributed by atoms with E-state index in [2.05, 4.69) is 10.1 Å². The molecule has 0 aliphatic heterocycles. The molecule has 0 amide bonds. The summed E-state index contributed by atoms with van der Waals surface area (Å²) in [6.07, 6.45) is -3.71. The zero-order valence-corrected chi connectivity index (χ0v) is 10.1. The number of oxime groups is 1. The highest BCUT2D eigenvalue weighted by atomic mass is 19.4. The van der Waals surface area contributed by atoms with Gasteiger partial charge in [-0.05, 0) is 0 Å². The van der Waals surface area contributed by atoms with Crippen LogP contribution in [0, 0.1) is 10.1 Å². The normalized spacial score (nSPS) is 12.3. The number of nitrogens with two attached hydrogens (primary N) is 1. The van der Waals surface area contributed by atoms with Crippen LogP contribution in [0.15, 0.2) is 17.4 Å². The molecule has 1 heterocycles. The van der Waals surface area contributed by atoms with Crippen molar-refractivity contribution >= 4 is 17.3 Å². The number of pyridine rings is 1. The van der Waals surface area contributed by atoms with Crippen molar-refractivity contribution in [2.75, 3.05) is 18.5 Å². The Kier molecular flexibility index (Phi) is 4.32. The van der Waals surface area contributed by atoms with Crippen molar-refractivity contribution in [3.05, 3.63) is 27.9 Å². The van der Waals surface area contributed by atoms with Gasteiger partial charge in [-0.3, -0.25) is 10.1 Å². The van der Waals surface area contributed by atoms with Gasteiger partial charge in [0.15, 0.2) is 5.84 Å². The summed E-state index contributed by atoms with van der Waals surface area (Å²) in [5.41, 5.74) is 4.54. The Balaban J connectivity index is 3.28. The summed E-state index contributed by atoms with van der Waals surface area (Å²) in [7, 11) is 1.08. The molecular formula is C9H10F3N5O3. The Morgan fingerprint density at radius 1 is 1.65 bits per heavy atom. The number of nitro groups is 1. The summed E-state index contributed by atoms with van der Waals surface area (Å²) in [6, 6.07) is 0.879. The number of amidine groups is 1. The molecule has 0 aliphatic rings. The van der Waals surface area contributed by atoms with Crippen molar-refractivity contribution in [1.82, 2.24) is 4.98 Å². The minimum absolute atomic E-state index is 0.270. The number of alkyl halides is 3. The third kappa shape index (κ3) is 3.70. The van der Waals surface area contributed by atoms with Crippen molar-refractivity contribution in [3.63, 3.8) is 0 Å². The fourth-order valence-corrected chi connectivity index (χ4v) is 1.44. The van der Waals surface area contributed by atoms with E-state index in [4.69, 9.17) is 10.9 Å². The lowest BCUT2D eigenvalue weighted by molar-refractivity contribution is -0.385. The molecule has 0 aliphatic carbocycles. The van der Waals surface area contributed by atoms with E-state index in [9.17, 15) is 23.3 Å². The number of rotatable bonds is 4. The molecular weight excluding hydrogens is 283 g/mol. The van der Waals surface area contributed by atoms with Gasteiger partial charge < -0.3 is 15.8 Å². The van der Waals surface area contributed by atoms with Gasteiger partial charge in [0.2, 0.25) is 0 Å². The van der Waals surface area contributed by atoms with Gasteiger partial charge in [0.05, 0.1) is 10.5 Å². The molecule has 1 aromatic heterocycles. The molecule has 0 atom stereocenters. The standard InChI is InChI=1S/C9H10F3N5O3/c1-16(4-9(10,11)12)8-6(7(13)15-18)2-5(3-14-8)17(19)20/h2-3,18H,4H2,1H3,(H2,13,15). The quantitative estimate of drug-likeness (QED) is 0.282. The Hall–Kier alpha value is -2.59. The fraction of sp³-hybridized carbons (Fsp3) is 0.333. The molecule has 0 bridgehead atoms. The van der Waals surface area contributed by atoms with E-state index < -0.39 is 29.2 Å². The van der Waals surface area contributed by atoms with E-state index in [-0.39, 0.29) is 11.4 Å². The van der Waals surface area contributed by atoms with Crippen LogP contribution in [-0.4, -0.2) is 40.7 Å². The lowest BCUT2D eigenvalue weighted by atomic mass is 10.2. The molecule has 0 unspecified atom stereocenters. The zero-order chi connectivity index (χ0) is 15.5. The van der Waals surface area contributed by atoms with Crippen LogP contribution in [0.25, 0.3) is 0 Å². The second kappa shape index (κ2) is 5.59. The number of anilines is 1. The fourth-order valence-electron chi connectivity index (χ4n) is 1.44. The molecule has 1 rings (SSSR count). The van der Waals surface area contributed by atoms with E-state index in [1.54, 1.807) is 0 Å². The van der Waals surface area contributed by atoms with E-state index >= 15 is 0 Å². The number of hydrogen-bond acceptors (Lipinski definition) is 6. The summed E-state index contributed by atoms with van der Waals surface area (Å²) < 4.78 is 37.0. The first-order valence-electron chi connectivity index (χ1n) is 5.06. The predicted octanol–water partition coefficient (Wildman–Crippen LogP) is 1.08. The van der Waals surface area contributed by atoms with Crippen molar-refractivity contribution in [2.24, 2.45) is 10.9 Å². The molecule has 0 saturated carbocycles. The monoisotopic (exact) mass is 293 g/mol. The lowest BCUT2D eigenvalue weighted by Crippen LogP contribution is -2.33. The molecule has 110 valence electrons. The van der Waals surface area contributed by atoms with E-state index in [1.165, 1.54) is 0 Å². The predicted molar refractivity (Wildman–Crippen MR) is 62.7 cm³/mol. The average Bonchev–Trinajstić information content (AvgIpc) is 2.34. The van der Waals surface area contributed by atoms with Gasteiger partial charge in [0, 0.05) is 13.1 Å². The Morgan fingerprint density at radius 3 is 2.70 bits per heavy atom. The van der Waals surface area contributed by atoms with Gasteiger partial charge in [-0.1, -0.05) is 5.16 Å². The first-order chi connectivity index (χ1) is 9.15. The van der Waals surface area contributed by atoms with Gasteiger partial charge in [-0.25, -0.2) is 4.98 Å². The highest BCUT2D eigenvalue weighted by Gasteiger charge is 2.31. The van der Waals surface area contributed by atoms with Crippen LogP contribution in [0.2, 0.25) is 0 Å². The first kappa shape index (κ1) is 15.5. The summed E-state index contributed by atoms with van der Waals surface area (Å²) in [6.45, 7) is -1.34. The van der Waals surface area contributed by atoms with E-state index in [0.29, 0.717) is 4.90 Å². The van der Waals surface area contributed by atoms with Crippen molar-refractivity contribution < 1.29 is 23.3 Å². The smallest absolute Gasteiger partial charge is 0.405 e. The molecule has 11 heteroatoms. The maximum absolute atomic E-state index is 12.3. The van der Waals surface area contributed by atoms with Crippen LogP contribution >= 0.6 is 0 Å². The third-order valence-electron chi connectivity index (χ3n) is 2.22. The van der Waals surface area contributed by atoms with Gasteiger partial charge >= 0.3 is 6.18 Å². The highest BCUT2D eigenvalue weighted by molar-refractivity contribution is 6.01. The van der Waals surface area contributed by atoms with E-state index in [1.807, 2.05) is 0 Å². The first-order valence-corrected chi connectivity index (χ1v) is 5.06. The molecule has 3 N–H and O–H groups in total. The van der Waals surface area contributed by atoms with Crippen LogP contribution in [0.5, 0.6) is 0 Å². The second-order valence-corrected chi connectivity index (χ2v) is 3.78. The van der Waals surface area contributed by atoms with Crippen LogP contribution in [0.1, 0.15) is 5.56 Å². The second-order valence-electron chi connectivity index (χ2n) is 3.78. The SMILES string of the molecule is CN(CC(F)(F)F)c1ncc([N+](=O)[O-])cc1C(N)=NO. The van der Waals surface area contributed by atoms with Crippen LogP contribution in [0.3, 0.4) is 0 Å². The maximum atomic E-state index is 12.3. The number of hydrogen-bond donors (Lipinski definition) is 2. The van der Waals surface area contributed by atoms with Gasteiger partial charge in [-0.2, -0.15) is 13.2 Å². The lowest BCUT2D eigenvalue weighted by Gasteiger charge is -2.21. The molecule has 0 radical (unpaired) electrons. The third-order valence-corrected chi connectivity index (χ3v) is 2.22. The summed E-state index contributed by atoms with van der Waals surface area (Å²) in [5, 5.41) is 21.8. The summed E-state index contributed by atoms with van der Waals surface area (Å²) in [5.74, 6) is -0.867. The van der Waals surface area contributed by atoms with Crippen molar-refractivity contribution in [3.8, 4) is 0 Å². The largest absolute Gasteiger partial charge is 0.409 e. The minimum Gasteiger partial charge on any atom is -0.409 e. The van der Waals surface area contributed by atoms with E-state index in [0.717, 1.165) is 19.3 Å². The molecule has 0 aromatic carbocycles. The minimum atomic E-state index is -4.50. The Morgan fingerprint density at radius 2 is 2.25 bits per heavy atom. The summed E-state index contributed by atoms with van der Waals surface area (Å²) >= 11 is 0. The number of halogens is 3. The Labute approximate surface area is 110 Å². The molecule has 0 fully saturated rings. The van der Waals surface area contributed by atoms with Gasteiger partial charge in [0.25, 0.3) is 5.69 Å². The molecule has 1 aromatic rings. The summed E-state index contributed by atoms with van der Waals surface area (Å²) in [4.78, 5) is 14.1. The highest BCUT2D eigenvalue weighted by Crippen LogP contribution is 2.24. The van der Waals surface area contributed by atoms with Gasteiger partial charge in [0.1, 0.15) is 18.6 Å². The maximum Gasteiger partial charge on any atom is 0.405 e. The van der Waals surface area contributed by atoms with Crippen LogP contribution < -0.4 is 10.6 Å². The number of nitrogens with zero attached hydrogens (tertiary/aromatic N) is 4. The Bertz CT molecular complexity index is 546. The molecule has 0 spiro atoms. The van der Waals surface area contributed by atoms with Crippen molar-refractivity contribution in [2.45, 2.75) is 6.18 Å². The average molecular weight is 293 g/mol. The molecule has 8 nitrogen and oxygen atoms in total. The van der Waals surface area contributed by atoms with Gasteiger partial charge in [-0.15, -0.1) is 0 Å². The topological polar surface area (TPSA) is 118 Å². The molecule has 20 heavy (non-hydrogen) atoms. The zero-order valence-electron chi connectivity index (χ0n) is 10.1. The van der Waals surface area contributed by atoms with Crippen LogP contribution in [-0.2, 0) is 0 Å². The number of aromatic nitrogens is 1. The van der Waals surface area contributed by atoms with Crippen LogP contribution in [0.4, 0.5) is 24.7 Å². The molecule has 0 saturated heterocycles. The van der Waals surface area contributed by atoms with Crippen molar-refractivity contribution in [1.29, 1.82) is 0 Å².